The Kier molecular flexibility index (Phi) is 3.97. The highest BCUT2D eigenvalue weighted by atomic mass is 16.6. The maximum Gasteiger partial charge on any atom is 0.166 e. The van der Waals surface area contributed by atoms with Gasteiger partial charge in [0.05, 0.1) is 12.9 Å². The molecule has 0 bridgehead atoms. The Morgan fingerprint density at radius 1 is 1.12 bits per heavy atom. The zero-order valence-electron chi connectivity index (χ0n) is 13.5. The van der Waals surface area contributed by atoms with Gasteiger partial charge in [-0.25, -0.2) is 15.0 Å². The molecule has 8 heteroatoms. The summed E-state index contributed by atoms with van der Waals surface area (Å²) in [6, 6.07) is 9.63. The van der Waals surface area contributed by atoms with Crippen LogP contribution in [0.5, 0.6) is 0 Å². The van der Waals surface area contributed by atoms with Crippen LogP contribution in [0, 0.1) is 6.92 Å². The van der Waals surface area contributed by atoms with Crippen molar-refractivity contribution in [2.75, 3.05) is 6.61 Å². The quantitative estimate of drug-likeness (QED) is 0.632. The summed E-state index contributed by atoms with van der Waals surface area (Å²) in [6.07, 6.45) is -2.59. The largest absolute Gasteiger partial charge is 0.394 e. The fraction of sp³-hybridized carbons (Fsp3) is 0.353. The first-order valence-corrected chi connectivity index (χ1v) is 7.99. The molecule has 1 saturated heterocycles. The highest BCUT2D eigenvalue weighted by Crippen LogP contribution is 2.33. The molecule has 25 heavy (non-hydrogen) atoms. The summed E-state index contributed by atoms with van der Waals surface area (Å²) < 4.78 is 7.16. The molecule has 3 N–H and O–H groups in total. The second-order valence-corrected chi connectivity index (χ2v) is 6.04. The lowest BCUT2D eigenvalue weighted by Crippen LogP contribution is -2.33. The van der Waals surface area contributed by atoms with Crippen LogP contribution in [0.3, 0.4) is 0 Å². The maximum absolute atomic E-state index is 10.3. The molecule has 0 unspecified atom stereocenters. The molecule has 4 atom stereocenters. The topological polar surface area (TPSA) is 114 Å². The molecule has 2 aromatic heterocycles. The van der Waals surface area contributed by atoms with Crippen LogP contribution in [0.15, 0.2) is 36.7 Å². The van der Waals surface area contributed by atoms with Crippen molar-refractivity contribution in [1.82, 2.24) is 19.5 Å². The average molecular weight is 342 g/mol. The molecule has 1 aliphatic rings. The molecule has 3 heterocycles. The van der Waals surface area contributed by atoms with E-state index in [2.05, 4.69) is 15.0 Å². The van der Waals surface area contributed by atoms with Gasteiger partial charge in [0.2, 0.25) is 0 Å². The van der Waals surface area contributed by atoms with Crippen molar-refractivity contribution in [1.29, 1.82) is 0 Å². The van der Waals surface area contributed by atoms with Gasteiger partial charge in [-0.05, 0) is 6.92 Å². The number of ether oxygens (including phenoxy) is 1. The molecule has 1 aromatic carbocycles. The Labute approximate surface area is 143 Å². The first-order chi connectivity index (χ1) is 12.1. The van der Waals surface area contributed by atoms with E-state index in [-0.39, 0.29) is 6.61 Å². The van der Waals surface area contributed by atoms with Crippen molar-refractivity contribution >= 4 is 11.2 Å². The van der Waals surface area contributed by atoms with Crippen LogP contribution in [0.1, 0.15) is 12.1 Å². The van der Waals surface area contributed by atoms with Gasteiger partial charge in [-0.3, -0.25) is 4.57 Å². The lowest BCUT2D eigenvalue weighted by atomic mass is 10.1. The third kappa shape index (κ3) is 2.59. The van der Waals surface area contributed by atoms with Gasteiger partial charge in [-0.1, -0.05) is 30.3 Å². The third-order valence-electron chi connectivity index (χ3n) is 4.37. The molecule has 130 valence electrons. The van der Waals surface area contributed by atoms with E-state index in [0.29, 0.717) is 22.7 Å². The van der Waals surface area contributed by atoms with E-state index in [4.69, 9.17) is 4.74 Å². The highest BCUT2D eigenvalue weighted by molar-refractivity contribution is 5.87. The molecule has 0 aliphatic carbocycles. The van der Waals surface area contributed by atoms with Gasteiger partial charge in [0.1, 0.15) is 35.3 Å². The fourth-order valence-corrected chi connectivity index (χ4v) is 3.12. The standard InChI is InChI=1S/C17H18N4O4/c1-9-19-12(10-5-3-2-4-6-10)13-16(20-9)21(8-18-13)17-15(24)14(23)11(7-22)25-17/h2-6,8,11,14-15,17,22-24H,7H2,1H3/t11-,14-,15-,17-/m1/s1. The summed E-state index contributed by atoms with van der Waals surface area (Å²) in [5.41, 5.74) is 2.67. The predicted molar refractivity (Wildman–Crippen MR) is 88.5 cm³/mol. The van der Waals surface area contributed by atoms with Crippen molar-refractivity contribution < 1.29 is 20.1 Å². The number of aromatic nitrogens is 4. The van der Waals surface area contributed by atoms with E-state index in [0.717, 1.165) is 5.56 Å². The van der Waals surface area contributed by atoms with Crippen molar-refractivity contribution in [3.05, 3.63) is 42.5 Å². The van der Waals surface area contributed by atoms with E-state index in [1.54, 1.807) is 11.5 Å². The number of aryl methyl sites for hydroxylation is 1. The third-order valence-corrected chi connectivity index (χ3v) is 4.37. The molecule has 8 nitrogen and oxygen atoms in total. The number of benzene rings is 1. The summed E-state index contributed by atoms with van der Waals surface area (Å²) in [5, 5.41) is 29.5. The Balaban J connectivity index is 1.84. The molecule has 0 radical (unpaired) electrons. The van der Waals surface area contributed by atoms with Crippen molar-refractivity contribution in [2.45, 2.75) is 31.5 Å². The molecular formula is C17H18N4O4. The van der Waals surface area contributed by atoms with Gasteiger partial charge < -0.3 is 20.1 Å². The number of fused-ring (bicyclic) bond motifs is 1. The molecule has 4 rings (SSSR count). The number of hydrogen-bond donors (Lipinski definition) is 3. The molecule has 0 spiro atoms. The number of aliphatic hydroxyl groups is 3. The van der Waals surface area contributed by atoms with Crippen LogP contribution in [-0.4, -0.2) is 59.8 Å². The molecule has 0 amide bonds. The zero-order valence-corrected chi connectivity index (χ0v) is 13.5. The number of rotatable bonds is 3. The molecule has 0 saturated carbocycles. The SMILES string of the molecule is Cc1nc(-c2ccccc2)c2ncn([C@@H]3O[C@H](CO)[C@@H](O)[C@H]3O)c2n1. The van der Waals surface area contributed by atoms with Crippen LogP contribution >= 0.6 is 0 Å². The first kappa shape index (κ1) is 16.1. The Hall–Kier alpha value is -2.39. The van der Waals surface area contributed by atoms with Gasteiger partial charge in [-0.15, -0.1) is 0 Å². The van der Waals surface area contributed by atoms with Crippen LogP contribution in [0.25, 0.3) is 22.4 Å². The summed E-state index contributed by atoms with van der Waals surface area (Å²) in [6.45, 7) is 1.39. The van der Waals surface area contributed by atoms with Crippen molar-refractivity contribution in [2.24, 2.45) is 0 Å². The number of aliphatic hydroxyl groups excluding tert-OH is 3. The minimum atomic E-state index is -1.19. The minimum Gasteiger partial charge on any atom is -0.394 e. The summed E-state index contributed by atoms with van der Waals surface area (Å²) >= 11 is 0. The van der Waals surface area contributed by atoms with Gasteiger partial charge in [0.25, 0.3) is 0 Å². The van der Waals surface area contributed by atoms with E-state index in [9.17, 15) is 15.3 Å². The highest BCUT2D eigenvalue weighted by Gasteiger charge is 2.44. The number of nitrogens with zero attached hydrogens (tertiary/aromatic N) is 4. The lowest BCUT2D eigenvalue weighted by Gasteiger charge is -2.16. The van der Waals surface area contributed by atoms with Crippen molar-refractivity contribution in [3.8, 4) is 11.3 Å². The number of hydrogen-bond acceptors (Lipinski definition) is 7. The van der Waals surface area contributed by atoms with Gasteiger partial charge in [0, 0.05) is 5.56 Å². The summed E-state index contributed by atoms with van der Waals surface area (Å²) in [4.78, 5) is 13.3. The Bertz CT molecular complexity index is 898. The zero-order chi connectivity index (χ0) is 17.6. The first-order valence-electron chi connectivity index (χ1n) is 7.99. The fourth-order valence-electron chi connectivity index (χ4n) is 3.12. The maximum atomic E-state index is 10.3. The molecule has 3 aromatic rings. The van der Waals surface area contributed by atoms with E-state index in [1.165, 1.54) is 6.33 Å². The lowest BCUT2D eigenvalue weighted by molar-refractivity contribution is -0.0511. The van der Waals surface area contributed by atoms with Crippen molar-refractivity contribution in [3.63, 3.8) is 0 Å². The minimum absolute atomic E-state index is 0.384. The predicted octanol–water partition coefficient (Wildman–Crippen LogP) is 0.413. The number of imidazole rings is 1. The smallest absolute Gasteiger partial charge is 0.166 e. The molecule has 1 fully saturated rings. The second-order valence-electron chi connectivity index (χ2n) is 6.04. The molecule has 1 aliphatic heterocycles. The monoisotopic (exact) mass is 342 g/mol. The van der Waals surface area contributed by atoms with Gasteiger partial charge in [-0.2, -0.15) is 0 Å². The van der Waals surface area contributed by atoms with Crippen LogP contribution in [-0.2, 0) is 4.74 Å². The summed E-state index contributed by atoms with van der Waals surface area (Å²) in [5.74, 6) is 0.555. The van der Waals surface area contributed by atoms with Crippen LogP contribution in [0.4, 0.5) is 0 Å². The Morgan fingerprint density at radius 2 is 1.88 bits per heavy atom. The Morgan fingerprint density at radius 3 is 2.56 bits per heavy atom. The van der Waals surface area contributed by atoms with E-state index >= 15 is 0 Å². The van der Waals surface area contributed by atoms with E-state index < -0.39 is 24.5 Å². The van der Waals surface area contributed by atoms with Gasteiger partial charge in [0.15, 0.2) is 11.9 Å². The van der Waals surface area contributed by atoms with Crippen LogP contribution < -0.4 is 0 Å². The summed E-state index contributed by atoms with van der Waals surface area (Å²) in [7, 11) is 0. The average Bonchev–Trinajstić information content (AvgIpc) is 3.16. The normalized spacial score (nSPS) is 26.4. The van der Waals surface area contributed by atoms with E-state index in [1.807, 2.05) is 30.3 Å². The van der Waals surface area contributed by atoms with Crippen LogP contribution in [0.2, 0.25) is 0 Å². The second kappa shape index (κ2) is 6.16. The molecular weight excluding hydrogens is 324 g/mol. The van der Waals surface area contributed by atoms with Gasteiger partial charge >= 0.3 is 0 Å².